The van der Waals surface area contributed by atoms with E-state index in [1.807, 2.05) is 30.3 Å². The lowest BCUT2D eigenvalue weighted by Crippen LogP contribution is -2.15. The van der Waals surface area contributed by atoms with Gasteiger partial charge in [0.15, 0.2) is 0 Å². The predicted octanol–water partition coefficient (Wildman–Crippen LogP) is 3.27. The number of nitrogens with one attached hydrogen (secondary N) is 1. The number of anilines is 1. The Balaban J connectivity index is 1.15. The number of ether oxygens (including phenoxy) is 12. The predicted molar refractivity (Wildman–Crippen MR) is 186 cm³/mol. The van der Waals surface area contributed by atoms with E-state index in [1.165, 1.54) is 6.92 Å². The average molecular weight is 712 g/mol. The van der Waals surface area contributed by atoms with E-state index in [4.69, 9.17) is 56.8 Å². The number of benzene rings is 2. The van der Waals surface area contributed by atoms with Crippen molar-refractivity contribution in [3.05, 3.63) is 54.6 Å². The summed E-state index contributed by atoms with van der Waals surface area (Å²) >= 11 is 0. The molecular weight excluding hydrogens is 654 g/mol. The lowest BCUT2D eigenvalue weighted by molar-refractivity contribution is -0.114. The Bertz CT molecular complexity index is 1020. The summed E-state index contributed by atoms with van der Waals surface area (Å²) in [6.07, 6.45) is 0. The second-order valence-corrected chi connectivity index (χ2v) is 10.3. The van der Waals surface area contributed by atoms with Crippen molar-refractivity contribution in [2.75, 3.05) is 151 Å². The van der Waals surface area contributed by atoms with Crippen molar-refractivity contribution in [3.8, 4) is 11.5 Å². The second-order valence-electron chi connectivity index (χ2n) is 10.3. The van der Waals surface area contributed by atoms with E-state index in [9.17, 15) is 4.79 Å². The van der Waals surface area contributed by atoms with Crippen LogP contribution in [0.25, 0.3) is 0 Å². The van der Waals surface area contributed by atoms with Crippen LogP contribution in [-0.4, -0.2) is 151 Å². The Morgan fingerprint density at radius 1 is 0.380 bits per heavy atom. The Morgan fingerprint density at radius 3 is 0.920 bits per heavy atom. The van der Waals surface area contributed by atoms with Gasteiger partial charge in [-0.15, -0.1) is 0 Å². The number of para-hydroxylation sites is 1. The fraction of sp³-hybridized carbons (Fsp3) is 0.639. The first kappa shape index (κ1) is 43.3. The lowest BCUT2D eigenvalue weighted by Gasteiger charge is -2.09. The molecular formula is C36H57NO13. The molecule has 0 aliphatic rings. The molecule has 0 saturated carbocycles. The number of hydrogen-bond donors (Lipinski definition) is 1. The second kappa shape index (κ2) is 33.3. The molecule has 1 N–H and O–H groups in total. The van der Waals surface area contributed by atoms with E-state index >= 15 is 0 Å². The van der Waals surface area contributed by atoms with Gasteiger partial charge in [-0.1, -0.05) is 18.2 Å². The number of carbonyl (C=O) groups excluding carboxylic acids is 1. The fourth-order valence-electron chi connectivity index (χ4n) is 3.87. The molecule has 0 saturated heterocycles. The van der Waals surface area contributed by atoms with Crippen LogP contribution in [0.15, 0.2) is 54.6 Å². The maximum absolute atomic E-state index is 11.0. The molecule has 0 aliphatic carbocycles. The Morgan fingerprint density at radius 2 is 0.640 bits per heavy atom. The van der Waals surface area contributed by atoms with E-state index in [-0.39, 0.29) is 5.91 Å². The molecule has 0 atom stereocenters. The third-order valence-electron chi connectivity index (χ3n) is 6.26. The van der Waals surface area contributed by atoms with E-state index in [0.717, 1.165) is 11.4 Å². The molecule has 1 amide bonds. The lowest BCUT2D eigenvalue weighted by atomic mass is 10.3. The minimum atomic E-state index is -0.109. The van der Waals surface area contributed by atoms with Crippen molar-refractivity contribution >= 4 is 11.6 Å². The van der Waals surface area contributed by atoms with Crippen LogP contribution in [0, 0.1) is 0 Å². The van der Waals surface area contributed by atoms with Crippen molar-refractivity contribution < 1.29 is 61.6 Å². The minimum absolute atomic E-state index is 0.109. The minimum Gasteiger partial charge on any atom is -0.491 e. The molecule has 50 heavy (non-hydrogen) atoms. The molecule has 2 rings (SSSR count). The SMILES string of the molecule is CC(=O)Nc1ccc(OCCOCCOCCOCCOCCOCCOCCOCCOCCOCCOCCOc2ccccc2)cc1. The van der Waals surface area contributed by atoms with Crippen LogP contribution in [-0.2, 0) is 52.2 Å². The summed E-state index contributed by atoms with van der Waals surface area (Å²) in [6.45, 7) is 12.4. The summed E-state index contributed by atoms with van der Waals surface area (Å²) in [5, 5.41) is 2.71. The summed E-state index contributed by atoms with van der Waals surface area (Å²) < 4.78 is 66.0. The maximum Gasteiger partial charge on any atom is 0.221 e. The Hall–Kier alpha value is -2.89. The first-order valence-electron chi connectivity index (χ1n) is 17.2. The zero-order valence-corrected chi connectivity index (χ0v) is 29.6. The zero-order valence-electron chi connectivity index (χ0n) is 29.6. The van der Waals surface area contributed by atoms with Gasteiger partial charge in [-0.25, -0.2) is 0 Å². The molecule has 284 valence electrons. The van der Waals surface area contributed by atoms with Crippen molar-refractivity contribution in [2.24, 2.45) is 0 Å². The highest BCUT2D eigenvalue weighted by atomic mass is 16.6. The molecule has 14 nitrogen and oxygen atoms in total. The highest BCUT2D eigenvalue weighted by molar-refractivity contribution is 5.88. The molecule has 0 unspecified atom stereocenters. The highest BCUT2D eigenvalue weighted by Crippen LogP contribution is 2.15. The maximum atomic E-state index is 11.0. The van der Waals surface area contributed by atoms with Gasteiger partial charge < -0.3 is 62.2 Å². The average Bonchev–Trinajstić information content (AvgIpc) is 3.12. The van der Waals surface area contributed by atoms with Crippen molar-refractivity contribution in [2.45, 2.75) is 6.92 Å². The molecule has 0 bridgehead atoms. The van der Waals surface area contributed by atoms with Gasteiger partial charge in [-0.3, -0.25) is 4.79 Å². The molecule has 0 heterocycles. The van der Waals surface area contributed by atoms with E-state index in [0.29, 0.717) is 151 Å². The van der Waals surface area contributed by atoms with Crippen LogP contribution < -0.4 is 14.8 Å². The smallest absolute Gasteiger partial charge is 0.221 e. The van der Waals surface area contributed by atoms with E-state index in [1.54, 1.807) is 24.3 Å². The molecule has 2 aromatic rings. The fourth-order valence-corrected chi connectivity index (χ4v) is 3.87. The molecule has 14 heteroatoms. The summed E-state index contributed by atoms with van der Waals surface area (Å²) in [7, 11) is 0. The summed E-state index contributed by atoms with van der Waals surface area (Å²) in [6, 6.07) is 16.8. The van der Waals surface area contributed by atoms with Crippen LogP contribution in [0.4, 0.5) is 5.69 Å². The summed E-state index contributed by atoms with van der Waals surface area (Å²) in [5.41, 5.74) is 0.731. The summed E-state index contributed by atoms with van der Waals surface area (Å²) in [5.74, 6) is 1.45. The van der Waals surface area contributed by atoms with E-state index < -0.39 is 0 Å². The van der Waals surface area contributed by atoms with Crippen LogP contribution in [0.2, 0.25) is 0 Å². The van der Waals surface area contributed by atoms with Gasteiger partial charge in [0.1, 0.15) is 24.7 Å². The zero-order chi connectivity index (χ0) is 35.4. The standard InChI is InChI=1S/C36H57NO13/c1-33(38)37-34-7-9-36(10-8-34)50-32-30-48-28-26-46-24-22-44-20-18-42-16-14-40-12-11-39-13-15-41-17-19-43-21-23-45-25-27-47-29-31-49-35-5-3-2-4-6-35/h2-10H,11-32H2,1H3,(H,37,38). The first-order chi connectivity index (χ1) is 24.7. The van der Waals surface area contributed by atoms with Gasteiger partial charge in [0, 0.05) is 12.6 Å². The van der Waals surface area contributed by atoms with Crippen LogP contribution >= 0.6 is 0 Å². The van der Waals surface area contributed by atoms with Gasteiger partial charge in [0.05, 0.1) is 132 Å². The Labute approximate surface area is 296 Å². The highest BCUT2D eigenvalue weighted by Gasteiger charge is 1.99. The normalized spacial score (nSPS) is 11.1. The van der Waals surface area contributed by atoms with Crippen molar-refractivity contribution in [1.82, 2.24) is 0 Å². The molecule has 0 aromatic heterocycles. The monoisotopic (exact) mass is 711 g/mol. The molecule has 2 aromatic carbocycles. The van der Waals surface area contributed by atoms with Gasteiger partial charge in [0.2, 0.25) is 5.91 Å². The first-order valence-corrected chi connectivity index (χ1v) is 17.2. The van der Waals surface area contributed by atoms with Crippen molar-refractivity contribution in [3.63, 3.8) is 0 Å². The van der Waals surface area contributed by atoms with E-state index in [2.05, 4.69) is 5.32 Å². The largest absolute Gasteiger partial charge is 0.491 e. The van der Waals surface area contributed by atoms with Gasteiger partial charge >= 0.3 is 0 Å². The number of hydrogen-bond acceptors (Lipinski definition) is 13. The number of rotatable bonds is 36. The van der Waals surface area contributed by atoms with Crippen molar-refractivity contribution in [1.29, 1.82) is 0 Å². The molecule has 0 aliphatic heterocycles. The van der Waals surface area contributed by atoms with Crippen LogP contribution in [0.1, 0.15) is 6.92 Å². The van der Waals surface area contributed by atoms with Crippen LogP contribution in [0.5, 0.6) is 11.5 Å². The number of amides is 1. The van der Waals surface area contributed by atoms with Gasteiger partial charge in [-0.2, -0.15) is 0 Å². The summed E-state index contributed by atoms with van der Waals surface area (Å²) in [4.78, 5) is 11.0. The molecule has 0 radical (unpaired) electrons. The quantitative estimate of drug-likeness (QED) is 0.104. The van der Waals surface area contributed by atoms with Gasteiger partial charge in [-0.05, 0) is 36.4 Å². The molecule has 0 spiro atoms. The Kier molecular flexibility index (Phi) is 28.8. The van der Waals surface area contributed by atoms with Gasteiger partial charge in [0.25, 0.3) is 0 Å². The third-order valence-corrected chi connectivity index (χ3v) is 6.26. The molecule has 0 fully saturated rings. The van der Waals surface area contributed by atoms with Crippen LogP contribution in [0.3, 0.4) is 0 Å². The topological polar surface area (TPSA) is 140 Å². The third kappa shape index (κ3) is 27.9. The number of carbonyl (C=O) groups is 1.